The monoisotopic (exact) mass is 252 g/mol. The first-order valence-corrected chi connectivity index (χ1v) is 6.29. The molecule has 1 aromatic carbocycles. The molecule has 2 heterocycles. The van der Waals surface area contributed by atoms with Gasteiger partial charge in [-0.1, -0.05) is 29.8 Å². The number of pyridine rings is 1. The van der Waals surface area contributed by atoms with Gasteiger partial charge in [0.2, 0.25) is 0 Å². The van der Waals surface area contributed by atoms with Gasteiger partial charge in [0.1, 0.15) is 5.52 Å². The molecule has 4 heteroatoms. The summed E-state index contributed by atoms with van der Waals surface area (Å²) in [6.45, 7) is 2.85. The molecule has 0 atom stereocenters. The molecule has 1 N–H and O–H groups in total. The molecular formula is C15H16N4. The number of hydrogen-bond donors (Lipinski definition) is 1. The van der Waals surface area contributed by atoms with Gasteiger partial charge in [-0.15, -0.1) is 0 Å². The van der Waals surface area contributed by atoms with E-state index in [2.05, 4.69) is 46.5 Å². The van der Waals surface area contributed by atoms with E-state index < -0.39 is 0 Å². The molecule has 0 aliphatic carbocycles. The van der Waals surface area contributed by atoms with Crippen molar-refractivity contribution >= 4 is 16.9 Å². The molecule has 0 fully saturated rings. The lowest BCUT2D eigenvalue weighted by molar-refractivity contribution is 0.947. The van der Waals surface area contributed by atoms with Gasteiger partial charge in [-0.25, -0.2) is 9.97 Å². The highest BCUT2D eigenvalue weighted by Gasteiger charge is 2.06. The second-order valence-electron chi connectivity index (χ2n) is 4.73. The third kappa shape index (κ3) is 2.29. The van der Waals surface area contributed by atoms with Crippen LogP contribution in [-0.2, 0) is 13.6 Å². The van der Waals surface area contributed by atoms with E-state index in [0.29, 0.717) is 0 Å². The molecule has 0 aliphatic heterocycles. The normalized spacial score (nSPS) is 10.8. The molecule has 0 saturated carbocycles. The molecule has 19 heavy (non-hydrogen) atoms. The highest BCUT2D eigenvalue weighted by atomic mass is 15.1. The Bertz CT molecular complexity index is 715. The number of fused-ring (bicyclic) bond motifs is 1. The highest BCUT2D eigenvalue weighted by molar-refractivity contribution is 5.85. The molecule has 0 radical (unpaired) electrons. The summed E-state index contributed by atoms with van der Waals surface area (Å²) in [5.74, 6) is 0.833. The summed E-state index contributed by atoms with van der Waals surface area (Å²) in [6, 6.07) is 10.4. The lowest BCUT2D eigenvalue weighted by Crippen LogP contribution is -2.02. The third-order valence-electron chi connectivity index (χ3n) is 3.19. The van der Waals surface area contributed by atoms with Gasteiger partial charge in [0, 0.05) is 19.8 Å². The van der Waals surface area contributed by atoms with Crippen LogP contribution in [0.5, 0.6) is 0 Å². The topological polar surface area (TPSA) is 42.7 Å². The zero-order valence-corrected chi connectivity index (χ0v) is 11.1. The summed E-state index contributed by atoms with van der Waals surface area (Å²) in [4.78, 5) is 8.76. The highest BCUT2D eigenvalue weighted by Crippen LogP contribution is 2.19. The second kappa shape index (κ2) is 4.72. The maximum atomic E-state index is 4.39. The van der Waals surface area contributed by atoms with Crippen LogP contribution in [0.1, 0.15) is 11.1 Å². The van der Waals surface area contributed by atoms with Crippen LogP contribution in [0.15, 0.2) is 42.9 Å². The van der Waals surface area contributed by atoms with E-state index >= 15 is 0 Å². The van der Waals surface area contributed by atoms with Crippen LogP contribution >= 0.6 is 0 Å². The van der Waals surface area contributed by atoms with E-state index in [1.165, 1.54) is 11.1 Å². The van der Waals surface area contributed by atoms with Crippen LogP contribution in [0.25, 0.3) is 11.0 Å². The van der Waals surface area contributed by atoms with Gasteiger partial charge in [-0.05, 0) is 18.6 Å². The Kier molecular flexibility index (Phi) is 2.91. The Morgan fingerprint density at radius 2 is 2.11 bits per heavy atom. The Labute approximate surface area is 112 Å². The van der Waals surface area contributed by atoms with Crippen molar-refractivity contribution in [2.45, 2.75) is 13.5 Å². The van der Waals surface area contributed by atoms with Gasteiger partial charge < -0.3 is 9.88 Å². The maximum Gasteiger partial charge on any atom is 0.154 e. The van der Waals surface area contributed by atoms with Gasteiger partial charge >= 0.3 is 0 Å². The first kappa shape index (κ1) is 11.7. The van der Waals surface area contributed by atoms with Crippen LogP contribution < -0.4 is 5.32 Å². The van der Waals surface area contributed by atoms with Gasteiger partial charge in [0.25, 0.3) is 0 Å². The number of nitrogens with zero attached hydrogens (tertiary/aromatic N) is 3. The number of anilines is 1. The van der Waals surface area contributed by atoms with Crippen molar-refractivity contribution in [3.05, 3.63) is 54.0 Å². The van der Waals surface area contributed by atoms with Crippen LogP contribution in [-0.4, -0.2) is 14.5 Å². The average Bonchev–Trinajstić information content (AvgIpc) is 2.79. The fourth-order valence-electron chi connectivity index (χ4n) is 2.20. The molecule has 0 saturated heterocycles. The zero-order valence-electron chi connectivity index (χ0n) is 11.1. The Hall–Kier alpha value is -2.36. The van der Waals surface area contributed by atoms with E-state index in [-0.39, 0.29) is 0 Å². The second-order valence-corrected chi connectivity index (χ2v) is 4.73. The molecule has 4 nitrogen and oxygen atoms in total. The smallest absolute Gasteiger partial charge is 0.154 e. The number of aromatic nitrogens is 3. The van der Waals surface area contributed by atoms with Crippen LogP contribution in [0.2, 0.25) is 0 Å². The minimum atomic E-state index is 0.754. The molecule has 3 rings (SSSR count). The standard InChI is InChI=1S/C15H16N4/c1-11-4-3-5-12(8-11)9-17-15-14-13(6-7-16-15)19(2)10-18-14/h3-8,10H,9H2,1-2H3,(H,16,17). The van der Waals surface area contributed by atoms with Gasteiger partial charge in [0.15, 0.2) is 5.82 Å². The SMILES string of the molecule is Cc1cccc(CNc2nccc3c2ncn3C)c1. The van der Waals surface area contributed by atoms with E-state index in [1.807, 2.05) is 30.2 Å². The Balaban J connectivity index is 1.86. The van der Waals surface area contributed by atoms with Gasteiger partial charge in [-0.3, -0.25) is 0 Å². The predicted octanol–water partition coefficient (Wildman–Crippen LogP) is 2.89. The fraction of sp³-hybridized carbons (Fsp3) is 0.200. The van der Waals surface area contributed by atoms with E-state index in [1.54, 1.807) is 0 Å². The molecule has 96 valence electrons. The third-order valence-corrected chi connectivity index (χ3v) is 3.19. The molecular weight excluding hydrogens is 236 g/mol. The minimum Gasteiger partial charge on any atom is -0.364 e. The quantitative estimate of drug-likeness (QED) is 0.779. The van der Waals surface area contributed by atoms with Crippen LogP contribution in [0, 0.1) is 6.92 Å². The predicted molar refractivity (Wildman–Crippen MR) is 77.0 cm³/mol. The number of imidazole rings is 1. The largest absolute Gasteiger partial charge is 0.364 e. The van der Waals surface area contributed by atoms with Gasteiger partial charge in [0.05, 0.1) is 11.8 Å². The number of hydrogen-bond acceptors (Lipinski definition) is 3. The summed E-state index contributed by atoms with van der Waals surface area (Å²) >= 11 is 0. The minimum absolute atomic E-state index is 0.754. The first-order valence-electron chi connectivity index (χ1n) is 6.29. The van der Waals surface area contributed by atoms with E-state index in [0.717, 1.165) is 23.4 Å². The molecule has 2 aromatic heterocycles. The van der Waals surface area contributed by atoms with Crippen molar-refractivity contribution in [3.8, 4) is 0 Å². The summed E-state index contributed by atoms with van der Waals surface area (Å²) in [5.41, 5.74) is 4.51. The van der Waals surface area contributed by atoms with Crippen molar-refractivity contribution in [2.75, 3.05) is 5.32 Å². The fourth-order valence-corrected chi connectivity index (χ4v) is 2.20. The summed E-state index contributed by atoms with van der Waals surface area (Å²) in [6.07, 6.45) is 3.62. The lowest BCUT2D eigenvalue weighted by Gasteiger charge is -2.07. The Morgan fingerprint density at radius 1 is 1.21 bits per heavy atom. The van der Waals surface area contributed by atoms with Crippen LogP contribution in [0.3, 0.4) is 0 Å². The number of nitrogens with one attached hydrogen (secondary N) is 1. The Morgan fingerprint density at radius 3 is 2.95 bits per heavy atom. The molecule has 0 aliphatic rings. The van der Waals surface area contributed by atoms with Crippen LogP contribution in [0.4, 0.5) is 5.82 Å². The van der Waals surface area contributed by atoms with Crippen molar-refractivity contribution in [1.82, 2.24) is 14.5 Å². The summed E-state index contributed by atoms with van der Waals surface area (Å²) in [7, 11) is 1.99. The lowest BCUT2D eigenvalue weighted by atomic mass is 10.1. The molecule has 0 unspecified atom stereocenters. The zero-order chi connectivity index (χ0) is 13.2. The van der Waals surface area contributed by atoms with Crippen molar-refractivity contribution in [2.24, 2.45) is 7.05 Å². The number of aryl methyl sites for hydroxylation is 2. The molecule has 3 aromatic rings. The number of rotatable bonds is 3. The maximum absolute atomic E-state index is 4.39. The molecule has 0 spiro atoms. The average molecular weight is 252 g/mol. The van der Waals surface area contributed by atoms with Gasteiger partial charge in [-0.2, -0.15) is 0 Å². The summed E-state index contributed by atoms with van der Waals surface area (Å²) < 4.78 is 1.99. The summed E-state index contributed by atoms with van der Waals surface area (Å²) in [5, 5.41) is 3.36. The van der Waals surface area contributed by atoms with E-state index in [9.17, 15) is 0 Å². The van der Waals surface area contributed by atoms with Crippen molar-refractivity contribution in [3.63, 3.8) is 0 Å². The first-order chi connectivity index (χ1) is 9.24. The number of benzene rings is 1. The van der Waals surface area contributed by atoms with Crippen molar-refractivity contribution < 1.29 is 0 Å². The molecule has 0 bridgehead atoms. The van der Waals surface area contributed by atoms with Crippen molar-refractivity contribution in [1.29, 1.82) is 0 Å². The molecule has 0 amide bonds. The van der Waals surface area contributed by atoms with E-state index in [4.69, 9.17) is 0 Å².